The van der Waals surface area contributed by atoms with Crippen LogP contribution in [-0.2, 0) is 0 Å². The van der Waals surface area contributed by atoms with Crippen molar-refractivity contribution in [2.45, 2.75) is 5.92 Å². The Morgan fingerprint density at radius 3 is 2.59 bits per heavy atom. The molecule has 1 atom stereocenters. The number of ether oxygens (including phenoxy) is 1. The number of anilines is 1. The molecule has 0 amide bonds. The van der Waals surface area contributed by atoms with Crippen molar-refractivity contribution in [3.05, 3.63) is 92.2 Å². The van der Waals surface area contributed by atoms with Gasteiger partial charge in [0.2, 0.25) is 11.8 Å². The summed E-state index contributed by atoms with van der Waals surface area (Å²) in [5.41, 5.74) is 7.87. The lowest BCUT2D eigenvalue weighted by Crippen LogP contribution is -2.25. The molecule has 6 heteroatoms. The summed E-state index contributed by atoms with van der Waals surface area (Å²) in [7, 11) is 0. The molecule has 3 N–H and O–H groups in total. The Hall–Kier alpha value is -3.12. The molecule has 0 saturated heterocycles. The Bertz CT molecular complexity index is 1250. The number of H-pyrrole nitrogens is 1. The van der Waals surface area contributed by atoms with E-state index in [0.717, 1.165) is 26.4 Å². The zero-order valence-corrected chi connectivity index (χ0v) is 15.7. The van der Waals surface area contributed by atoms with Crippen LogP contribution in [0.2, 0.25) is 0 Å². The fourth-order valence-corrected chi connectivity index (χ4v) is 3.97. The summed E-state index contributed by atoms with van der Waals surface area (Å²) in [6.07, 6.45) is 0. The van der Waals surface area contributed by atoms with Gasteiger partial charge in [0.05, 0.1) is 5.56 Å². The van der Waals surface area contributed by atoms with Crippen molar-refractivity contribution < 1.29 is 4.74 Å². The summed E-state index contributed by atoms with van der Waals surface area (Å²) >= 11 is 3.48. The molecule has 27 heavy (non-hydrogen) atoms. The maximum absolute atomic E-state index is 12.8. The van der Waals surface area contributed by atoms with Crippen molar-refractivity contribution in [2.75, 3.05) is 5.73 Å². The van der Waals surface area contributed by atoms with E-state index in [2.05, 4.69) is 32.0 Å². The number of hydrogen-bond acceptors (Lipinski definition) is 4. The second-order valence-corrected chi connectivity index (χ2v) is 7.37. The second kappa shape index (κ2) is 5.96. The first-order chi connectivity index (χ1) is 13.1. The lowest BCUT2D eigenvalue weighted by atomic mass is 9.81. The van der Waals surface area contributed by atoms with Crippen molar-refractivity contribution >= 4 is 32.7 Å². The molecule has 1 unspecified atom stereocenters. The number of rotatable bonds is 1. The lowest BCUT2D eigenvalue weighted by Gasteiger charge is -2.28. The number of benzene rings is 3. The third-order valence-corrected chi connectivity index (χ3v) is 5.39. The summed E-state index contributed by atoms with van der Waals surface area (Å²) < 4.78 is 6.98. The van der Waals surface area contributed by atoms with Crippen molar-refractivity contribution in [3.8, 4) is 11.6 Å². The number of nitrogens with two attached hydrogens (primary N) is 1. The van der Waals surface area contributed by atoms with Crippen LogP contribution in [0, 0.1) is 0 Å². The monoisotopic (exact) mass is 419 g/mol. The van der Waals surface area contributed by atoms with Gasteiger partial charge in [-0.25, -0.2) is 0 Å². The average molecular weight is 420 g/mol. The van der Waals surface area contributed by atoms with Crippen LogP contribution in [0.25, 0.3) is 10.8 Å². The van der Waals surface area contributed by atoms with E-state index in [1.807, 2.05) is 54.6 Å². The summed E-state index contributed by atoms with van der Waals surface area (Å²) in [5.74, 6) is 0.677. The Labute approximate surface area is 163 Å². The van der Waals surface area contributed by atoms with E-state index in [1.165, 1.54) is 0 Å². The van der Waals surface area contributed by atoms with Crippen molar-refractivity contribution in [2.24, 2.45) is 0 Å². The zero-order chi connectivity index (χ0) is 18.5. The van der Waals surface area contributed by atoms with Gasteiger partial charge in [0.1, 0.15) is 5.75 Å². The van der Waals surface area contributed by atoms with E-state index in [0.29, 0.717) is 11.3 Å². The third kappa shape index (κ3) is 2.52. The first-order valence-corrected chi connectivity index (χ1v) is 9.26. The van der Waals surface area contributed by atoms with Crippen molar-refractivity contribution in [3.63, 3.8) is 0 Å². The summed E-state index contributed by atoms with van der Waals surface area (Å²) in [6, 6.07) is 20.0. The van der Waals surface area contributed by atoms with E-state index in [9.17, 15) is 4.79 Å². The molecule has 0 bridgehead atoms. The number of nitrogen functional groups attached to an aromatic ring is 1. The molecule has 0 saturated carbocycles. The minimum absolute atomic E-state index is 0.0394. The Morgan fingerprint density at radius 2 is 1.78 bits per heavy atom. The highest BCUT2D eigenvalue weighted by Crippen LogP contribution is 2.48. The van der Waals surface area contributed by atoms with Gasteiger partial charge in [-0.3, -0.25) is 9.78 Å². The number of fused-ring (bicyclic) bond motifs is 4. The van der Waals surface area contributed by atoms with Gasteiger partial charge in [-0.2, -0.15) is 4.98 Å². The molecule has 1 aromatic heterocycles. The van der Waals surface area contributed by atoms with E-state index < -0.39 is 0 Å². The van der Waals surface area contributed by atoms with Crippen LogP contribution in [0.1, 0.15) is 22.6 Å². The molecule has 1 aliphatic rings. The second-order valence-electron chi connectivity index (χ2n) is 6.46. The number of hydrogen-bond donors (Lipinski definition) is 2. The predicted octanol–water partition coefficient (Wildman–Crippen LogP) is 4.55. The van der Waals surface area contributed by atoms with Gasteiger partial charge >= 0.3 is 0 Å². The maximum Gasteiger partial charge on any atom is 0.260 e. The van der Waals surface area contributed by atoms with Crippen LogP contribution in [-0.4, -0.2) is 9.97 Å². The van der Waals surface area contributed by atoms with Crippen molar-refractivity contribution in [1.29, 1.82) is 0 Å². The van der Waals surface area contributed by atoms with Crippen molar-refractivity contribution in [1.82, 2.24) is 9.97 Å². The molecule has 0 spiro atoms. The van der Waals surface area contributed by atoms with E-state index in [1.54, 1.807) is 0 Å². The Morgan fingerprint density at radius 1 is 1.00 bits per heavy atom. The number of aromatic amines is 1. The number of aromatic nitrogens is 2. The Balaban J connectivity index is 1.89. The highest BCUT2D eigenvalue weighted by molar-refractivity contribution is 9.10. The lowest BCUT2D eigenvalue weighted by molar-refractivity contribution is 0.433. The minimum Gasteiger partial charge on any atom is -0.438 e. The predicted molar refractivity (Wildman–Crippen MR) is 108 cm³/mol. The molecule has 1 aliphatic heterocycles. The molecule has 2 heterocycles. The van der Waals surface area contributed by atoms with E-state index >= 15 is 0 Å². The first kappa shape index (κ1) is 16.1. The third-order valence-electron chi connectivity index (χ3n) is 4.86. The molecule has 3 aromatic carbocycles. The van der Waals surface area contributed by atoms with Gasteiger partial charge in [0, 0.05) is 16.0 Å². The fourth-order valence-electron chi connectivity index (χ4n) is 3.71. The molecule has 5 nitrogen and oxygen atoms in total. The highest BCUT2D eigenvalue weighted by Gasteiger charge is 2.34. The minimum atomic E-state index is -0.306. The SMILES string of the molecule is Nc1nc2c(c(=O)[nH]1)C(c1ccc(Br)cc1)c1c(ccc3ccccc13)O2. The molecule has 4 aromatic rings. The smallest absolute Gasteiger partial charge is 0.260 e. The zero-order valence-electron chi connectivity index (χ0n) is 14.1. The van der Waals surface area contributed by atoms with Crippen LogP contribution in [0.4, 0.5) is 5.95 Å². The normalized spacial score (nSPS) is 15.1. The molecule has 5 rings (SSSR count). The van der Waals surface area contributed by atoms with Gasteiger partial charge in [0.15, 0.2) is 0 Å². The molecule has 0 radical (unpaired) electrons. The number of halogens is 1. The van der Waals surface area contributed by atoms with Gasteiger partial charge in [-0.1, -0.05) is 58.4 Å². The van der Waals surface area contributed by atoms with Gasteiger partial charge < -0.3 is 10.5 Å². The van der Waals surface area contributed by atoms with E-state index in [4.69, 9.17) is 10.5 Å². The van der Waals surface area contributed by atoms with Crippen LogP contribution in [0.15, 0.2) is 69.9 Å². The summed E-state index contributed by atoms with van der Waals surface area (Å²) in [4.78, 5) is 19.7. The van der Waals surface area contributed by atoms with Crippen LogP contribution in [0.3, 0.4) is 0 Å². The first-order valence-electron chi connectivity index (χ1n) is 8.46. The number of nitrogens with one attached hydrogen (secondary N) is 1. The topological polar surface area (TPSA) is 81.0 Å². The molecule has 0 fully saturated rings. The largest absolute Gasteiger partial charge is 0.438 e. The fraction of sp³-hybridized carbons (Fsp3) is 0.0476. The Kier molecular flexibility index (Phi) is 3.55. The average Bonchev–Trinajstić information content (AvgIpc) is 2.66. The van der Waals surface area contributed by atoms with Gasteiger partial charge in [0.25, 0.3) is 5.56 Å². The van der Waals surface area contributed by atoms with E-state index in [-0.39, 0.29) is 23.3 Å². The van der Waals surface area contributed by atoms with Gasteiger partial charge in [-0.05, 0) is 34.5 Å². The molecular formula is C21H14BrN3O2. The molecule has 0 aliphatic carbocycles. The van der Waals surface area contributed by atoms with Crippen LogP contribution in [0.5, 0.6) is 11.6 Å². The number of nitrogens with zero attached hydrogens (tertiary/aromatic N) is 1. The summed E-state index contributed by atoms with van der Waals surface area (Å²) in [5, 5.41) is 2.13. The summed E-state index contributed by atoms with van der Waals surface area (Å²) in [6.45, 7) is 0. The molecule has 132 valence electrons. The van der Waals surface area contributed by atoms with Crippen LogP contribution >= 0.6 is 15.9 Å². The highest BCUT2D eigenvalue weighted by atomic mass is 79.9. The molecular weight excluding hydrogens is 406 g/mol. The standard InChI is InChI=1S/C21H14BrN3O2/c22-13-8-5-12(6-9-13)16-17-14-4-2-1-3-11(14)7-10-15(17)27-20-18(16)19(26)24-21(23)25-20/h1-10,16H,(H3,23,24,25,26). The van der Waals surface area contributed by atoms with Crippen LogP contribution < -0.4 is 16.0 Å². The quantitative estimate of drug-likeness (QED) is 0.417. The maximum atomic E-state index is 12.8. The van der Waals surface area contributed by atoms with Gasteiger partial charge in [-0.15, -0.1) is 0 Å².